The van der Waals surface area contributed by atoms with Crippen molar-refractivity contribution in [3.05, 3.63) is 0 Å². The first-order valence-corrected chi connectivity index (χ1v) is 22.6. The minimum atomic E-state index is 0.897. The Morgan fingerprint density at radius 3 is 0.674 bits per heavy atom. The number of rotatable bonds is 38. The van der Waals surface area contributed by atoms with Gasteiger partial charge in [0.15, 0.2) is 0 Å². The van der Waals surface area contributed by atoms with Gasteiger partial charge in [0.25, 0.3) is 0 Å². The predicted octanol–water partition coefficient (Wildman–Crippen LogP) is 18.1. The van der Waals surface area contributed by atoms with Gasteiger partial charge in [-0.2, -0.15) is 0 Å². The quantitative estimate of drug-likeness (QED) is 0.0584. The molecule has 0 aliphatic carbocycles. The average molecular weight is 649 g/mol. The number of hydrogen-bond donors (Lipinski definition) is 0. The zero-order chi connectivity index (χ0) is 34.0. The van der Waals surface area contributed by atoms with E-state index in [-0.39, 0.29) is 0 Å². The van der Waals surface area contributed by atoms with E-state index in [1.54, 1.807) is 0 Å². The van der Waals surface area contributed by atoms with Gasteiger partial charge < -0.3 is 0 Å². The zero-order valence-electron chi connectivity index (χ0n) is 34.0. The fraction of sp³-hybridized carbons (Fsp3) is 1.00. The molecule has 0 heterocycles. The Morgan fingerprint density at radius 1 is 0.217 bits per heavy atom. The number of hydrogen-bond acceptors (Lipinski definition) is 0. The van der Waals surface area contributed by atoms with Crippen molar-refractivity contribution in [2.24, 2.45) is 11.8 Å². The molecule has 0 saturated carbocycles. The molecule has 0 aromatic heterocycles. The van der Waals surface area contributed by atoms with Gasteiger partial charge in [0.05, 0.1) is 0 Å². The smallest absolute Gasteiger partial charge is 0.0443 e. The highest BCUT2D eigenvalue weighted by Gasteiger charge is 1.99. The van der Waals surface area contributed by atoms with E-state index in [0.717, 1.165) is 11.8 Å². The molecule has 46 heavy (non-hydrogen) atoms. The monoisotopic (exact) mass is 649 g/mol. The van der Waals surface area contributed by atoms with Crippen LogP contribution in [0.25, 0.3) is 0 Å². The third-order valence-corrected chi connectivity index (χ3v) is 10.5. The molecule has 1 atom stereocenters. The van der Waals surface area contributed by atoms with Crippen LogP contribution in [-0.2, 0) is 0 Å². The van der Waals surface area contributed by atoms with Crippen LogP contribution < -0.4 is 0 Å². The summed E-state index contributed by atoms with van der Waals surface area (Å²) in [6, 6.07) is 0. The highest BCUT2D eigenvalue weighted by Crippen LogP contribution is 2.17. The topological polar surface area (TPSA) is 0 Å². The van der Waals surface area contributed by atoms with E-state index < -0.39 is 0 Å². The van der Waals surface area contributed by atoms with Crippen LogP contribution in [0.4, 0.5) is 0 Å². The van der Waals surface area contributed by atoms with Gasteiger partial charge in [0, 0.05) is 0 Å². The molecule has 0 amide bonds. The number of unbranched alkanes of at least 4 members (excludes halogenated alkanes) is 32. The van der Waals surface area contributed by atoms with E-state index in [9.17, 15) is 0 Å². The van der Waals surface area contributed by atoms with E-state index in [4.69, 9.17) is 0 Å². The lowest BCUT2D eigenvalue weighted by molar-refractivity contribution is 0.466. The Hall–Kier alpha value is 0. The molecule has 1 unspecified atom stereocenters. The minimum absolute atomic E-state index is 0.897. The highest BCUT2D eigenvalue weighted by molar-refractivity contribution is 4.54. The summed E-state index contributed by atoms with van der Waals surface area (Å²) in [6.07, 6.45) is 55.9. The molecule has 0 spiro atoms. The van der Waals surface area contributed by atoms with Crippen molar-refractivity contribution in [1.82, 2.24) is 0 Å². The van der Waals surface area contributed by atoms with Crippen LogP contribution in [0.1, 0.15) is 286 Å². The van der Waals surface area contributed by atoms with Crippen molar-refractivity contribution in [2.45, 2.75) is 286 Å². The summed E-state index contributed by atoms with van der Waals surface area (Å²) in [5.41, 5.74) is 0. The highest BCUT2D eigenvalue weighted by atomic mass is 14.1. The SMILES string of the molecule is CCCCC(C)CCC.CCCCCCCCCCCCCCCCCCCCCCCCCCCCCCCCCCC(C)C. The van der Waals surface area contributed by atoms with Gasteiger partial charge in [-0.15, -0.1) is 0 Å². The molecule has 0 aliphatic heterocycles. The lowest BCUT2D eigenvalue weighted by atomic mass is 10.00. The molecule has 0 N–H and O–H groups in total. The zero-order valence-corrected chi connectivity index (χ0v) is 34.0. The summed E-state index contributed by atoms with van der Waals surface area (Å²) in [5, 5.41) is 0. The van der Waals surface area contributed by atoms with Crippen LogP contribution in [0.15, 0.2) is 0 Å². The second-order valence-corrected chi connectivity index (χ2v) is 16.2. The van der Waals surface area contributed by atoms with Crippen molar-refractivity contribution >= 4 is 0 Å². The van der Waals surface area contributed by atoms with Gasteiger partial charge >= 0.3 is 0 Å². The van der Waals surface area contributed by atoms with Crippen LogP contribution >= 0.6 is 0 Å². The van der Waals surface area contributed by atoms with Crippen molar-refractivity contribution in [3.8, 4) is 0 Å². The Morgan fingerprint density at radius 2 is 0.457 bits per heavy atom. The maximum Gasteiger partial charge on any atom is -0.0443 e. The fourth-order valence-corrected chi connectivity index (χ4v) is 7.12. The van der Waals surface area contributed by atoms with Crippen LogP contribution in [0.5, 0.6) is 0 Å². The molecular weight excluding hydrogens is 553 g/mol. The first-order chi connectivity index (χ1) is 22.6. The largest absolute Gasteiger partial charge is 0.0654 e. The average Bonchev–Trinajstić information content (AvgIpc) is 3.04. The molecule has 0 saturated heterocycles. The maximum atomic E-state index is 2.36. The molecule has 0 radical (unpaired) electrons. The van der Waals surface area contributed by atoms with E-state index in [0.29, 0.717) is 0 Å². The predicted molar refractivity (Wildman–Crippen MR) is 216 cm³/mol. The lowest BCUT2D eigenvalue weighted by Crippen LogP contribution is -1.92. The summed E-state index contributed by atoms with van der Waals surface area (Å²) >= 11 is 0. The third kappa shape index (κ3) is 48.4. The molecule has 0 aliphatic rings. The molecule has 0 aromatic rings. The summed E-state index contributed by atoms with van der Waals surface area (Å²) < 4.78 is 0. The lowest BCUT2D eigenvalue weighted by Gasteiger charge is -2.07. The normalized spacial score (nSPS) is 12.1. The Kier molecular flexibility index (Phi) is 47.1. The molecule has 0 fully saturated rings. The van der Waals surface area contributed by atoms with Crippen molar-refractivity contribution in [2.75, 3.05) is 0 Å². The molecule has 0 heteroatoms. The Bertz CT molecular complexity index is 478. The van der Waals surface area contributed by atoms with E-state index in [1.807, 2.05) is 0 Å². The van der Waals surface area contributed by atoms with Gasteiger partial charge in [-0.1, -0.05) is 286 Å². The summed E-state index contributed by atoms with van der Waals surface area (Å²) in [5.74, 6) is 1.86. The first kappa shape index (κ1) is 48.1. The van der Waals surface area contributed by atoms with Crippen LogP contribution in [-0.4, -0.2) is 0 Å². The van der Waals surface area contributed by atoms with Crippen molar-refractivity contribution in [3.63, 3.8) is 0 Å². The van der Waals surface area contributed by atoms with E-state index in [2.05, 4.69) is 41.5 Å². The molecule has 280 valence electrons. The minimum Gasteiger partial charge on any atom is -0.0654 e. The molecule has 0 nitrogen and oxygen atoms in total. The Labute approximate surface area is 296 Å². The second-order valence-electron chi connectivity index (χ2n) is 16.2. The third-order valence-electron chi connectivity index (χ3n) is 10.5. The first-order valence-electron chi connectivity index (χ1n) is 22.6. The molecule has 0 bridgehead atoms. The maximum absolute atomic E-state index is 2.36. The van der Waals surface area contributed by atoms with Crippen LogP contribution in [0.2, 0.25) is 0 Å². The van der Waals surface area contributed by atoms with Crippen molar-refractivity contribution in [1.29, 1.82) is 0 Å². The second kappa shape index (κ2) is 45.0. The van der Waals surface area contributed by atoms with Gasteiger partial charge in [-0.3, -0.25) is 0 Å². The fourth-order valence-electron chi connectivity index (χ4n) is 7.12. The van der Waals surface area contributed by atoms with Gasteiger partial charge in [0.1, 0.15) is 0 Å². The van der Waals surface area contributed by atoms with Gasteiger partial charge in [-0.05, 0) is 11.8 Å². The molecule has 0 aromatic carbocycles. The van der Waals surface area contributed by atoms with Crippen LogP contribution in [0.3, 0.4) is 0 Å². The summed E-state index contributed by atoms with van der Waals surface area (Å²) in [6.45, 7) is 13.9. The van der Waals surface area contributed by atoms with Gasteiger partial charge in [-0.25, -0.2) is 0 Å². The summed E-state index contributed by atoms with van der Waals surface area (Å²) in [4.78, 5) is 0. The summed E-state index contributed by atoms with van der Waals surface area (Å²) in [7, 11) is 0. The Balaban J connectivity index is 0. The molecule has 0 rings (SSSR count). The van der Waals surface area contributed by atoms with Crippen LogP contribution in [0, 0.1) is 11.8 Å². The van der Waals surface area contributed by atoms with Crippen molar-refractivity contribution < 1.29 is 0 Å². The van der Waals surface area contributed by atoms with E-state index in [1.165, 1.54) is 244 Å². The standard InChI is InChI=1S/C37H76.C9H20/c1-4-5-6-7-8-9-10-11-12-13-14-15-16-17-18-19-20-21-22-23-24-25-26-27-28-29-30-31-32-33-34-35-36-37(2)3;1-4-6-8-9(3)7-5-2/h37H,4-36H2,1-3H3;9H,4-8H2,1-3H3. The molecular formula is C46H96. The van der Waals surface area contributed by atoms with Gasteiger partial charge in [0.2, 0.25) is 0 Å². The van der Waals surface area contributed by atoms with E-state index >= 15 is 0 Å².